The molecule has 0 aliphatic rings. The summed E-state index contributed by atoms with van der Waals surface area (Å²) in [6.07, 6.45) is 2.76. The highest BCUT2D eigenvalue weighted by molar-refractivity contribution is 5.73. The molecule has 0 saturated carbocycles. The Morgan fingerprint density at radius 3 is 3.00 bits per heavy atom. The maximum absolute atomic E-state index is 10.2. The molecule has 0 fully saturated rings. The summed E-state index contributed by atoms with van der Waals surface area (Å²) >= 11 is 0. The van der Waals surface area contributed by atoms with Gasteiger partial charge >= 0.3 is 0 Å². The Balaban J connectivity index is 2.35. The topological polar surface area (TPSA) is 56.7 Å². The van der Waals surface area contributed by atoms with Crippen molar-refractivity contribution in [2.45, 2.75) is 12.8 Å². The van der Waals surface area contributed by atoms with Gasteiger partial charge in [-0.2, -0.15) is 0 Å². The van der Waals surface area contributed by atoms with Crippen LogP contribution in [0.4, 0.5) is 0 Å². The molecule has 10 heavy (non-hydrogen) atoms. The zero-order chi connectivity index (χ0) is 7.40. The van der Waals surface area contributed by atoms with E-state index in [1.165, 1.54) is 0 Å². The molecular formula is C7H9N2O. The number of rotatable bonds is 3. The normalized spacial score (nSPS) is 9.60. The lowest BCUT2D eigenvalue weighted by atomic mass is 10.2. The van der Waals surface area contributed by atoms with Crippen molar-refractivity contribution in [3.8, 4) is 0 Å². The zero-order valence-corrected chi connectivity index (χ0v) is 5.55. The van der Waals surface area contributed by atoms with Gasteiger partial charge in [0.1, 0.15) is 0 Å². The molecule has 0 aliphatic heterocycles. The summed E-state index contributed by atoms with van der Waals surface area (Å²) in [5, 5.41) is 0. The second-order valence-electron chi connectivity index (χ2n) is 2.12. The van der Waals surface area contributed by atoms with E-state index < -0.39 is 5.91 Å². The molecule has 0 bridgehead atoms. The second kappa shape index (κ2) is 3.06. The van der Waals surface area contributed by atoms with Gasteiger partial charge in [-0.15, -0.1) is 0 Å². The highest BCUT2D eigenvalue weighted by Gasteiger charge is 1.96. The minimum Gasteiger partial charge on any atom is -0.365 e. The molecule has 1 radical (unpaired) electrons. The average molecular weight is 137 g/mol. The third kappa shape index (κ3) is 1.93. The van der Waals surface area contributed by atoms with Crippen molar-refractivity contribution in [2.24, 2.45) is 0 Å². The molecule has 0 aromatic carbocycles. The molecule has 0 aliphatic carbocycles. The largest absolute Gasteiger partial charge is 0.365 e. The Bertz CT molecular complexity index is 203. The standard InChI is InChI=1S/C7H9N2O/c8-7(10)4-3-6-2-1-5-9-6/h1-2,5,8-9H,3-4H2. The molecule has 0 saturated heterocycles. The third-order valence-electron chi connectivity index (χ3n) is 1.28. The van der Waals surface area contributed by atoms with Crippen LogP contribution in [0.2, 0.25) is 0 Å². The molecule has 2 N–H and O–H groups in total. The Morgan fingerprint density at radius 2 is 2.50 bits per heavy atom. The van der Waals surface area contributed by atoms with Crippen LogP contribution in [-0.2, 0) is 11.2 Å². The number of hydrogen-bond donors (Lipinski definition) is 1. The number of carbonyl (C=O) groups excluding carboxylic acids is 1. The highest BCUT2D eigenvalue weighted by atomic mass is 16.1. The van der Waals surface area contributed by atoms with E-state index in [0.29, 0.717) is 12.8 Å². The number of nitrogens with one attached hydrogen (secondary N) is 2. The van der Waals surface area contributed by atoms with E-state index in [-0.39, 0.29) is 0 Å². The summed E-state index contributed by atoms with van der Waals surface area (Å²) < 4.78 is 0. The lowest BCUT2D eigenvalue weighted by Gasteiger charge is -1.90. The molecule has 1 aromatic heterocycles. The van der Waals surface area contributed by atoms with E-state index in [0.717, 1.165) is 5.69 Å². The summed E-state index contributed by atoms with van der Waals surface area (Å²) in [6.45, 7) is 0. The molecular weight excluding hydrogens is 128 g/mol. The second-order valence-corrected chi connectivity index (χ2v) is 2.12. The van der Waals surface area contributed by atoms with Crippen molar-refractivity contribution >= 4 is 5.91 Å². The Labute approximate surface area is 59.2 Å². The fourth-order valence-electron chi connectivity index (χ4n) is 0.771. The van der Waals surface area contributed by atoms with Gasteiger partial charge in [0.25, 0.3) is 0 Å². The van der Waals surface area contributed by atoms with Crippen LogP contribution in [-0.4, -0.2) is 10.9 Å². The van der Waals surface area contributed by atoms with Gasteiger partial charge in [-0.1, -0.05) is 0 Å². The van der Waals surface area contributed by atoms with Gasteiger partial charge in [-0.3, -0.25) is 10.5 Å². The van der Waals surface area contributed by atoms with E-state index in [1.54, 1.807) is 0 Å². The number of aromatic nitrogens is 1. The smallest absolute Gasteiger partial charge is 0.238 e. The van der Waals surface area contributed by atoms with Crippen molar-refractivity contribution in [1.29, 1.82) is 0 Å². The number of amides is 1. The zero-order valence-electron chi connectivity index (χ0n) is 5.55. The molecule has 0 atom stereocenters. The lowest BCUT2D eigenvalue weighted by Crippen LogP contribution is -1.99. The van der Waals surface area contributed by atoms with Gasteiger partial charge in [0.05, 0.1) is 0 Å². The van der Waals surface area contributed by atoms with Gasteiger partial charge in [0.2, 0.25) is 5.91 Å². The van der Waals surface area contributed by atoms with Gasteiger partial charge < -0.3 is 4.98 Å². The van der Waals surface area contributed by atoms with Gasteiger partial charge in [-0.05, 0) is 18.6 Å². The molecule has 1 rings (SSSR count). The Kier molecular flexibility index (Phi) is 2.10. The molecule has 1 amide bonds. The van der Waals surface area contributed by atoms with E-state index in [2.05, 4.69) is 4.98 Å². The number of H-pyrrole nitrogens is 1. The quantitative estimate of drug-likeness (QED) is 0.656. The summed E-state index contributed by atoms with van der Waals surface area (Å²) in [6, 6.07) is 3.78. The summed E-state index contributed by atoms with van der Waals surface area (Å²) in [4.78, 5) is 13.1. The summed E-state index contributed by atoms with van der Waals surface area (Å²) in [7, 11) is 0. The first-order valence-electron chi connectivity index (χ1n) is 3.16. The van der Waals surface area contributed by atoms with Crippen molar-refractivity contribution in [2.75, 3.05) is 0 Å². The molecule has 1 aromatic rings. The molecule has 0 unspecified atom stereocenters. The van der Waals surface area contributed by atoms with Crippen molar-refractivity contribution in [3.05, 3.63) is 24.0 Å². The van der Waals surface area contributed by atoms with Crippen LogP contribution in [0.3, 0.4) is 0 Å². The van der Waals surface area contributed by atoms with Crippen LogP contribution in [0, 0.1) is 0 Å². The van der Waals surface area contributed by atoms with Gasteiger partial charge in [0, 0.05) is 18.3 Å². The predicted octanol–water partition coefficient (Wildman–Crippen LogP) is 0.757. The Hall–Kier alpha value is -1.25. The van der Waals surface area contributed by atoms with Crippen LogP contribution in [0.1, 0.15) is 12.1 Å². The fourth-order valence-corrected chi connectivity index (χ4v) is 0.771. The third-order valence-corrected chi connectivity index (χ3v) is 1.28. The van der Waals surface area contributed by atoms with Gasteiger partial charge in [-0.25, -0.2) is 0 Å². The number of carbonyl (C=O) groups is 1. The highest BCUT2D eigenvalue weighted by Crippen LogP contribution is 1.97. The van der Waals surface area contributed by atoms with Gasteiger partial charge in [0.15, 0.2) is 0 Å². The SMILES string of the molecule is [NH]C(=O)CCc1ccc[nH]1. The van der Waals surface area contributed by atoms with E-state index >= 15 is 0 Å². The first kappa shape index (κ1) is 6.86. The van der Waals surface area contributed by atoms with Crippen LogP contribution in [0.15, 0.2) is 18.3 Å². The van der Waals surface area contributed by atoms with Crippen molar-refractivity contribution < 1.29 is 4.79 Å². The first-order chi connectivity index (χ1) is 4.79. The lowest BCUT2D eigenvalue weighted by molar-refractivity contribution is -0.118. The monoisotopic (exact) mass is 137 g/mol. The maximum Gasteiger partial charge on any atom is 0.238 e. The molecule has 0 spiro atoms. The maximum atomic E-state index is 10.2. The van der Waals surface area contributed by atoms with E-state index in [1.807, 2.05) is 18.3 Å². The molecule has 1 heterocycles. The number of aryl methyl sites for hydroxylation is 1. The van der Waals surface area contributed by atoms with E-state index in [4.69, 9.17) is 5.73 Å². The van der Waals surface area contributed by atoms with Crippen LogP contribution >= 0.6 is 0 Å². The van der Waals surface area contributed by atoms with E-state index in [9.17, 15) is 4.79 Å². The van der Waals surface area contributed by atoms with Crippen LogP contribution < -0.4 is 5.73 Å². The number of aromatic amines is 1. The summed E-state index contributed by atoms with van der Waals surface area (Å²) in [5.74, 6) is -0.505. The first-order valence-corrected chi connectivity index (χ1v) is 3.16. The van der Waals surface area contributed by atoms with Crippen molar-refractivity contribution in [1.82, 2.24) is 10.7 Å². The minimum absolute atomic E-state index is 0.306. The van der Waals surface area contributed by atoms with Crippen LogP contribution in [0.5, 0.6) is 0 Å². The Morgan fingerprint density at radius 1 is 1.70 bits per heavy atom. The molecule has 53 valence electrons. The number of hydrogen-bond acceptors (Lipinski definition) is 1. The van der Waals surface area contributed by atoms with Crippen LogP contribution in [0.25, 0.3) is 0 Å². The fraction of sp³-hybridized carbons (Fsp3) is 0.286. The molecule has 3 nitrogen and oxygen atoms in total. The van der Waals surface area contributed by atoms with Crippen molar-refractivity contribution in [3.63, 3.8) is 0 Å². The predicted molar refractivity (Wildman–Crippen MR) is 37.2 cm³/mol. The summed E-state index contributed by atoms with van der Waals surface area (Å²) in [5.41, 5.74) is 7.64. The average Bonchev–Trinajstić information content (AvgIpc) is 2.34. The molecule has 3 heteroatoms. The minimum atomic E-state index is -0.505.